The van der Waals surface area contributed by atoms with Crippen molar-refractivity contribution in [1.29, 1.82) is 5.26 Å². The summed E-state index contributed by atoms with van der Waals surface area (Å²) >= 11 is 3.40. The molecule has 2 rings (SSSR count). The molecule has 0 saturated carbocycles. The molecule has 0 unspecified atom stereocenters. The number of hydrogen-bond acceptors (Lipinski definition) is 1. The van der Waals surface area contributed by atoms with Gasteiger partial charge in [0.15, 0.2) is 0 Å². The van der Waals surface area contributed by atoms with Crippen molar-refractivity contribution in [3.63, 3.8) is 0 Å². The van der Waals surface area contributed by atoms with Gasteiger partial charge in [-0.05, 0) is 34.1 Å². The molecule has 2 nitrogen and oxygen atoms in total. The molecule has 12 heavy (non-hydrogen) atoms. The van der Waals surface area contributed by atoms with Gasteiger partial charge in [0, 0.05) is 16.9 Å². The van der Waals surface area contributed by atoms with Gasteiger partial charge in [-0.2, -0.15) is 5.26 Å². The van der Waals surface area contributed by atoms with E-state index >= 15 is 0 Å². The summed E-state index contributed by atoms with van der Waals surface area (Å²) in [4.78, 5) is 0. The fourth-order valence-corrected chi connectivity index (χ4v) is 1.78. The normalized spacial score (nSPS) is 10.0. The van der Waals surface area contributed by atoms with Crippen LogP contribution in [0.3, 0.4) is 0 Å². The fraction of sp³-hybridized carbons (Fsp3) is 0. The third kappa shape index (κ3) is 0.926. The van der Waals surface area contributed by atoms with Gasteiger partial charge in [-0.1, -0.05) is 0 Å². The highest BCUT2D eigenvalue weighted by atomic mass is 79.9. The highest BCUT2D eigenvalue weighted by molar-refractivity contribution is 9.10. The molecule has 0 aliphatic heterocycles. The topological polar surface area (TPSA) is 28.2 Å². The van der Waals surface area contributed by atoms with Crippen LogP contribution in [0.1, 0.15) is 5.56 Å². The third-order valence-electron chi connectivity index (χ3n) is 1.75. The van der Waals surface area contributed by atoms with Gasteiger partial charge in [0.2, 0.25) is 0 Å². The summed E-state index contributed by atoms with van der Waals surface area (Å²) in [6.07, 6.45) is 3.79. The van der Waals surface area contributed by atoms with E-state index in [1.165, 1.54) is 0 Å². The lowest BCUT2D eigenvalue weighted by Crippen LogP contribution is -1.82. The van der Waals surface area contributed by atoms with Crippen molar-refractivity contribution < 1.29 is 0 Å². The van der Waals surface area contributed by atoms with Crippen LogP contribution in [0.25, 0.3) is 5.52 Å². The molecule has 0 radical (unpaired) electrons. The smallest absolute Gasteiger partial charge is 0.101 e. The number of rotatable bonds is 0. The number of aromatic nitrogens is 1. The van der Waals surface area contributed by atoms with Gasteiger partial charge in [-0.25, -0.2) is 0 Å². The second kappa shape index (κ2) is 2.65. The SMILES string of the molecule is N#Cc1ccn2cccc(Br)c12. The summed E-state index contributed by atoms with van der Waals surface area (Å²) in [5, 5.41) is 8.76. The highest BCUT2D eigenvalue weighted by Crippen LogP contribution is 2.21. The van der Waals surface area contributed by atoms with Crippen molar-refractivity contribution in [1.82, 2.24) is 4.40 Å². The Morgan fingerprint density at radius 2 is 2.17 bits per heavy atom. The molecule has 2 heterocycles. The number of halogens is 1. The van der Waals surface area contributed by atoms with Crippen molar-refractivity contribution in [2.75, 3.05) is 0 Å². The first-order valence-electron chi connectivity index (χ1n) is 3.48. The maximum atomic E-state index is 8.76. The Bertz CT molecular complexity index is 465. The van der Waals surface area contributed by atoms with Crippen LogP contribution in [-0.2, 0) is 0 Å². The van der Waals surface area contributed by atoms with E-state index in [0.717, 1.165) is 9.99 Å². The highest BCUT2D eigenvalue weighted by Gasteiger charge is 2.03. The van der Waals surface area contributed by atoms with Crippen molar-refractivity contribution in [3.05, 3.63) is 40.6 Å². The molecule has 0 aliphatic rings. The Balaban J connectivity index is 2.95. The lowest BCUT2D eigenvalue weighted by Gasteiger charge is -1.96. The quantitative estimate of drug-likeness (QED) is 0.671. The predicted octanol–water partition coefficient (Wildman–Crippen LogP) is 2.57. The van der Waals surface area contributed by atoms with Crippen LogP contribution < -0.4 is 0 Å². The summed E-state index contributed by atoms with van der Waals surface area (Å²) in [5.41, 5.74) is 1.63. The Kier molecular flexibility index (Phi) is 1.63. The van der Waals surface area contributed by atoms with Gasteiger partial charge in [0.05, 0.1) is 11.1 Å². The summed E-state index contributed by atoms with van der Waals surface area (Å²) in [5.74, 6) is 0. The van der Waals surface area contributed by atoms with Gasteiger partial charge in [-0.3, -0.25) is 0 Å². The molecule has 58 valence electrons. The average Bonchev–Trinajstić information content (AvgIpc) is 2.49. The van der Waals surface area contributed by atoms with Crippen LogP contribution in [0.15, 0.2) is 35.1 Å². The molecule has 0 saturated heterocycles. The van der Waals surface area contributed by atoms with Crippen LogP contribution in [-0.4, -0.2) is 4.40 Å². The molecule has 3 heteroatoms. The first kappa shape index (κ1) is 7.38. The van der Waals surface area contributed by atoms with E-state index < -0.39 is 0 Å². The van der Waals surface area contributed by atoms with E-state index in [4.69, 9.17) is 5.26 Å². The molecular weight excluding hydrogens is 216 g/mol. The van der Waals surface area contributed by atoms with Crippen LogP contribution in [0.2, 0.25) is 0 Å². The van der Waals surface area contributed by atoms with Gasteiger partial charge in [-0.15, -0.1) is 0 Å². The Morgan fingerprint density at radius 1 is 1.33 bits per heavy atom. The Morgan fingerprint density at radius 3 is 2.92 bits per heavy atom. The van der Waals surface area contributed by atoms with Gasteiger partial charge >= 0.3 is 0 Å². The average molecular weight is 221 g/mol. The van der Waals surface area contributed by atoms with Crippen LogP contribution in [0, 0.1) is 11.3 Å². The van der Waals surface area contributed by atoms with Crippen molar-refractivity contribution >= 4 is 21.4 Å². The predicted molar refractivity (Wildman–Crippen MR) is 49.8 cm³/mol. The molecular formula is C9H5BrN2. The maximum Gasteiger partial charge on any atom is 0.101 e. The number of hydrogen-bond donors (Lipinski definition) is 0. The molecule has 0 atom stereocenters. The zero-order chi connectivity index (χ0) is 8.55. The van der Waals surface area contributed by atoms with E-state index in [9.17, 15) is 0 Å². The second-order valence-corrected chi connectivity index (χ2v) is 3.31. The minimum Gasteiger partial charge on any atom is -0.322 e. The van der Waals surface area contributed by atoms with E-state index in [0.29, 0.717) is 5.56 Å². The molecule has 2 aromatic heterocycles. The monoisotopic (exact) mass is 220 g/mol. The Hall–Kier alpha value is -1.27. The lowest BCUT2D eigenvalue weighted by molar-refractivity contribution is 1.19. The summed E-state index contributed by atoms with van der Waals surface area (Å²) in [6, 6.07) is 7.80. The molecule has 0 N–H and O–H groups in total. The zero-order valence-electron chi connectivity index (χ0n) is 6.16. The Labute approximate surface area is 78.2 Å². The molecule has 0 spiro atoms. The van der Waals surface area contributed by atoms with Crippen LogP contribution in [0.5, 0.6) is 0 Å². The summed E-state index contributed by atoms with van der Waals surface area (Å²) in [6.45, 7) is 0. The standard InChI is InChI=1S/C9H5BrN2/c10-8-2-1-4-12-5-3-7(6-11)9(8)12/h1-5H. The second-order valence-electron chi connectivity index (χ2n) is 2.45. The van der Waals surface area contributed by atoms with Crippen molar-refractivity contribution in [2.24, 2.45) is 0 Å². The molecule has 0 aromatic carbocycles. The van der Waals surface area contributed by atoms with Gasteiger partial charge in [0.25, 0.3) is 0 Å². The molecule has 0 amide bonds. The molecule has 0 aliphatic carbocycles. The van der Waals surface area contributed by atoms with Crippen molar-refractivity contribution in [3.8, 4) is 6.07 Å². The fourth-order valence-electron chi connectivity index (χ4n) is 1.21. The molecule has 0 bridgehead atoms. The molecule has 0 fully saturated rings. The van der Waals surface area contributed by atoms with Crippen LogP contribution in [0.4, 0.5) is 0 Å². The minimum absolute atomic E-state index is 0.697. The lowest BCUT2D eigenvalue weighted by atomic mass is 10.3. The maximum absolute atomic E-state index is 8.76. The summed E-state index contributed by atoms with van der Waals surface area (Å²) in [7, 11) is 0. The number of nitrogens with zero attached hydrogens (tertiary/aromatic N) is 2. The van der Waals surface area contributed by atoms with Gasteiger partial charge < -0.3 is 4.40 Å². The van der Waals surface area contributed by atoms with E-state index in [2.05, 4.69) is 22.0 Å². The summed E-state index contributed by atoms with van der Waals surface area (Å²) < 4.78 is 2.87. The van der Waals surface area contributed by atoms with Crippen molar-refractivity contribution in [2.45, 2.75) is 0 Å². The van der Waals surface area contributed by atoms with E-state index in [1.54, 1.807) is 6.07 Å². The number of fused-ring (bicyclic) bond motifs is 1. The first-order chi connectivity index (χ1) is 5.83. The van der Waals surface area contributed by atoms with Gasteiger partial charge in [0.1, 0.15) is 6.07 Å². The minimum atomic E-state index is 0.697. The van der Waals surface area contributed by atoms with E-state index in [1.807, 2.05) is 28.9 Å². The first-order valence-corrected chi connectivity index (χ1v) is 4.27. The number of nitriles is 1. The molecule has 2 aromatic rings. The van der Waals surface area contributed by atoms with E-state index in [-0.39, 0.29) is 0 Å². The largest absolute Gasteiger partial charge is 0.322 e. The van der Waals surface area contributed by atoms with Crippen LogP contribution >= 0.6 is 15.9 Å². The third-order valence-corrected chi connectivity index (χ3v) is 2.39. The number of pyridine rings is 1. The zero-order valence-corrected chi connectivity index (χ0v) is 7.75.